The van der Waals surface area contributed by atoms with Gasteiger partial charge in [-0.1, -0.05) is 0 Å². The van der Waals surface area contributed by atoms with Gasteiger partial charge in [0.25, 0.3) is 0 Å². The van der Waals surface area contributed by atoms with Crippen LogP contribution in [0.25, 0.3) is 0 Å². The predicted molar refractivity (Wildman–Crippen MR) is 78.9 cm³/mol. The third kappa shape index (κ3) is 5.90. The van der Waals surface area contributed by atoms with E-state index in [2.05, 4.69) is 0 Å². The van der Waals surface area contributed by atoms with E-state index in [1.807, 2.05) is 0 Å². The molecule has 0 saturated heterocycles. The fourth-order valence-electron chi connectivity index (χ4n) is 1.79. The van der Waals surface area contributed by atoms with E-state index >= 15 is 0 Å². The fourth-order valence-corrected chi connectivity index (χ4v) is 2.18. The average molecular weight is 332 g/mol. The lowest BCUT2D eigenvalue weighted by molar-refractivity contribution is 0.00708. The monoisotopic (exact) mass is 332 g/mol. The Bertz CT molecular complexity index is 480. The molecule has 7 nitrogen and oxygen atoms in total. The highest BCUT2D eigenvalue weighted by Gasteiger charge is 2.10. The molecule has 1 aromatic rings. The highest BCUT2D eigenvalue weighted by atomic mass is 32.2. The zero-order valence-corrected chi connectivity index (χ0v) is 13.0. The average Bonchev–Trinajstić information content (AvgIpc) is 2.52. The highest BCUT2D eigenvalue weighted by Crippen LogP contribution is 2.29. The molecule has 1 N–H and O–H groups in total. The van der Waals surface area contributed by atoms with Crippen LogP contribution in [0.15, 0.2) is 23.1 Å². The summed E-state index contributed by atoms with van der Waals surface area (Å²) in [5.74, 6) is 0.915. The molecule has 0 radical (unpaired) electrons. The lowest BCUT2D eigenvalue weighted by atomic mass is 10.3. The minimum Gasteiger partial charge on any atom is -0.487 e. The van der Waals surface area contributed by atoms with Crippen LogP contribution in [0, 0.1) is 0 Å². The van der Waals surface area contributed by atoms with Gasteiger partial charge in [-0.25, -0.2) is 4.21 Å². The van der Waals surface area contributed by atoms with Crippen molar-refractivity contribution in [3.63, 3.8) is 0 Å². The highest BCUT2D eigenvalue weighted by molar-refractivity contribution is 7.79. The van der Waals surface area contributed by atoms with Gasteiger partial charge in [0.05, 0.1) is 44.5 Å². The molecule has 1 aliphatic rings. The third-order valence-electron chi connectivity index (χ3n) is 2.83. The van der Waals surface area contributed by atoms with E-state index in [1.54, 1.807) is 6.07 Å². The maximum Gasteiger partial charge on any atom is 0.186 e. The quantitative estimate of drug-likeness (QED) is 0.771. The van der Waals surface area contributed by atoms with Crippen molar-refractivity contribution in [2.45, 2.75) is 4.90 Å². The first-order valence-electron chi connectivity index (χ1n) is 7.01. The van der Waals surface area contributed by atoms with Gasteiger partial charge < -0.3 is 28.2 Å². The molecule has 22 heavy (non-hydrogen) atoms. The van der Waals surface area contributed by atoms with Gasteiger partial charge in [-0.05, 0) is 12.1 Å². The summed E-state index contributed by atoms with van der Waals surface area (Å²) in [7, 11) is 0. The van der Waals surface area contributed by atoms with Gasteiger partial charge in [-0.2, -0.15) is 0 Å². The summed E-state index contributed by atoms with van der Waals surface area (Å²) >= 11 is -2.07. The van der Waals surface area contributed by atoms with Crippen molar-refractivity contribution in [3.05, 3.63) is 18.2 Å². The second-order valence-corrected chi connectivity index (χ2v) is 5.36. The van der Waals surface area contributed by atoms with Gasteiger partial charge in [0.15, 0.2) is 22.6 Å². The van der Waals surface area contributed by atoms with Crippen LogP contribution in [-0.4, -0.2) is 61.6 Å². The van der Waals surface area contributed by atoms with E-state index in [4.69, 9.17) is 28.2 Å². The van der Waals surface area contributed by atoms with E-state index in [0.717, 1.165) is 0 Å². The Hall–Kier alpha value is -1.19. The molecule has 1 atom stereocenters. The van der Waals surface area contributed by atoms with Crippen molar-refractivity contribution in [1.29, 1.82) is 0 Å². The van der Waals surface area contributed by atoms with Gasteiger partial charge >= 0.3 is 0 Å². The Balaban J connectivity index is 2.02. The van der Waals surface area contributed by atoms with Crippen LogP contribution >= 0.6 is 0 Å². The smallest absolute Gasteiger partial charge is 0.186 e. The first-order chi connectivity index (χ1) is 10.8. The fraction of sp³-hybridized carbons (Fsp3) is 0.571. The molecule has 1 unspecified atom stereocenters. The van der Waals surface area contributed by atoms with Crippen LogP contribution < -0.4 is 9.47 Å². The molecule has 124 valence electrons. The standard InChI is InChI=1S/C14H20O7S/c15-22(16)12-1-2-13-14(11-12)21-10-8-19-6-4-17-3-5-18-7-9-20-13/h1-2,11H,3-10H2,(H,15,16). The first kappa shape index (κ1) is 17.2. The minimum absolute atomic E-state index is 0.255. The van der Waals surface area contributed by atoms with E-state index in [-0.39, 0.29) is 4.90 Å². The largest absolute Gasteiger partial charge is 0.487 e. The Kier molecular flexibility index (Phi) is 7.61. The van der Waals surface area contributed by atoms with E-state index in [9.17, 15) is 4.21 Å². The summed E-state index contributed by atoms with van der Waals surface area (Å²) in [5, 5.41) is 0. The van der Waals surface area contributed by atoms with Crippen molar-refractivity contribution >= 4 is 11.1 Å². The molecule has 0 fully saturated rings. The van der Waals surface area contributed by atoms with Gasteiger partial charge in [0.2, 0.25) is 0 Å². The maximum absolute atomic E-state index is 11.1. The molecule has 0 amide bonds. The number of fused-ring (bicyclic) bond motifs is 1. The van der Waals surface area contributed by atoms with Crippen LogP contribution in [-0.2, 0) is 25.3 Å². The summed E-state index contributed by atoms with van der Waals surface area (Å²) in [4.78, 5) is 0.255. The molecule has 0 aliphatic carbocycles. The molecular formula is C14H20O7S. The topological polar surface area (TPSA) is 83.5 Å². The number of hydrogen-bond donors (Lipinski definition) is 1. The van der Waals surface area contributed by atoms with Gasteiger partial charge in [-0.15, -0.1) is 0 Å². The molecule has 8 heteroatoms. The maximum atomic E-state index is 11.1. The van der Waals surface area contributed by atoms with Crippen LogP contribution in [0.1, 0.15) is 0 Å². The van der Waals surface area contributed by atoms with E-state index in [0.29, 0.717) is 64.4 Å². The molecule has 0 saturated carbocycles. The van der Waals surface area contributed by atoms with Crippen molar-refractivity contribution in [2.75, 3.05) is 52.9 Å². The zero-order chi connectivity index (χ0) is 15.6. The molecule has 1 heterocycles. The zero-order valence-electron chi connectivity index (χ0n) is 12.2. The molecule has 1 aliphatic heterocycles. The van der Waals surface area contributed by atoms with Crippen LogP contribution in [0.4, 0.5) is 0 Å². The minimum atomic E-state index is -2.07. The lowest BCUT2D eigenvalue weighted by Crippen LogP contribution is -2.13. The second-order valence-electron chi connectivity index (χ2n) is 4.39. The van der Waals surface area contributed by atoms with Crippen molar-refractivity contribution in [1.82, 2.24) is 0 Å². The second kappa shape index (κ2) is 9.75. The Labute approximate surface area is 131 Å². The number of benzene rings is 1. The summed E-state index contributed by atoms with van der Waals surface area (Å²) in [6, 6.07) is 4.63. The van der Waals surface area contributed by atoms with Gasteiger partial charge in [0.1, 0.15) is 13.2 Å². The Morgan fingerprint density at radius 2 is 1.27 bits per heavy atom. The molecule has 0 bridgehead atoms. The first-order valence-corrected chi connectivity index (χ1v) is 8.12. The van der Waals surface area contributed by atoms with Crippen molar-refractivity contribution in [3.8, 4) is 11.5 Å². The van der Waals surface area contributed by atoms with Gasteiger partial charge in [-0.3, -0.25) is 0 Å². The number of ether oxygens (including phenoxy) is 5. The van der Waals surface area contributed by atoms with E-state index in [1.165, 1.54) is 12.1 Å². The van der Waals surface area contributed by atoms with Crippen LogP contribution in [0.3, 0.4) is 0 Å². The van der Waals surface area contributed by atoms with Crippen molar-refractivity contribution < 1.29 is 32.4 Å². The predicted octanol–water partition coefficient (Wildman–Crippen LogP) is 1.09. The third-order valence-corrected chi connectivity index (χ3v) is 3.49. The van der Waals surface area contributed by atoms with Gasteiger partial charge in [0, 0.05) is 6.07 Å². The number of hydrogen-bond acceptors (Lipinski definition) is 6. The lowest BCUT2D eigenvalue weighted by Gasteiger charge is -2.13. The van der Waals surface area contributed by atoms with Crippen LogP contribution in [0.2, 0.25) is 0 Å². The molecule has 0 aromatic heterocycles. The molecular weight excluding hydrogens is 312 g/mol. The van der Waals surface area contributed by atoms with Crippen LogP contribution in [0.5, 0.6) is 11.5 Å². The van der Waals surface area contributed by atoms with Crippen molar-refractivity contribution in [2.24, 2.45) is 0 Å². The molecule has 2 rings (SSSR count). The SMILES string of the molecule is O=S(O)c1ccc2c(c1)OCCOCCOCCOCCO2. The summed E-state index contributed by atoms with van der Waals surface area (Å²) in [5.41, 5.74) is 0. The number of rotatable bonds is 1. The summed E-state index contributed by atoms with van der Waals surface area (Å²) in [6.45, 7) is 3.48. The Morgan fingerprint density at radius 3 is 1.82 bits per heavy atom. The molecule has 1 aromatic carbocycles. The summed E-state index contributed by atoms with van der Waals surface area (Å²) < 4.78 is 47.5. The molecule has 0 spiro atoms. The normalized spacial score (nSPS) is 19.7. The van der Waals surface area contributed by atoms with E-state index < -0.39 is 11.1 Å². The Morgan fingerprint density at radius 1 is 0.773 bits per heavy atom. The summed E-state index contributed by atoms with van der Waals surface area (Å²) in [6.07, 6.45) is 0.